The highest BCUT2D eigenvalue weighted by Crippen LogP contribution is 2.22. The first kappa shape index (κ1) is 10.3. The van der Waals surface area contributed by atoms with Gasteiger partial charge < -0.3 is 9.42 Å². The quantitative estimate of drug-likeness (QED) is 0.810. The van der Waals surface area contributed by atoms with Crippen LogP contribution < -0.4 is 0 Å². The lowest BCUT2D eigenvalue weighted by molar-refractivity contribution is 0.273. The molecule has 1 atom stereocenters. The third-order valence-electron chi connectivity index (χ3n) is 2.07. The van der Waals surface area contributed by atoms with Crippen LogP contribution in [0.4, 0.5) is 0 Å². The van der Waals surface area contributed by atoms with Crippen LogP contribution in [0.1, 0.15) is 5.56 Å². The summed E-state index contributed by atoms with van der Waals surface area (Å²) in [5, 5.41) is 0.996. The molecular formula is C10H10NO3P. The van der Waals surface area contributed by atoms with Gasteiger partial charge in [0.05, 0.1) is 12.1 Å². The Bertz CT molecular complexity index is 495. The molecule has 0 bridgehead atoms. The summed E-state index contributed by atoms with van der Waals surface area (Å²) in [4.78, 5) is 12.8. The lowest BCUT2D eigenvalue weighted by Crippen LogP contribution is -1.89. The van der Waals surface area contributed by atoms with Crippen LogP contribution in [0.3, 0.4) is 0 Å². The van der Waals surface area contributed by atoms with Gasteiger partial charge >= 0.3 is 8.25 Å². The monoisotopic (exact) mass is 223 g/mol. The van der Waals surface area contributed by atoms with Gasteiger partial charge in [-0.15, -0.1) is 0 Å². The highest BCUT2D eigenvalue weighted by atomic mass is 31.1. The van der Waals surface area contributed by atoms with Gasteiger partial charge in [-0.05, 0) is 6.07 Å². The molecule has 1 unspecified atom stereocenters. The SMILES string of the molecule is O=[PH](O)OCc1cccc2cccnc12. The minimum atomic E-state index is -2.88. The Kier molecular flexibility index (Phi) is 3.11. The number of fused-ring (bicyclic) bond motifs is 1. The molecule has 1 aromatic carbocycles. The molecule has 2 aromatic rings. The molecule has 0 saturated heterocycles. The van der Waals surface area contributed by atoms with Crippen molar-refractivity contribution >= 4 is 19.2 Å². The number of hydrogen-bond acceptors (Lipinski definition) is 3. The number of hydrogen-bond donors (Lipinski definition) is 1. The lowest BCUT2D eigenvalue weighted by Gasteiger charge is -2.04. The standard InChI is InChI=1S/C10H10NO3P/c12-15(13)14-7-9-4-1-3-8-5-2-6-11-10(8)9/h1-6,15H,7H2,(H,12,13). The van der Waals surface area contributed by atoms with Crippen molar-refractivity contribution < 1.29 is 14.0 Å². The number of nitrogens with zero attached hydrogens (tertiary/aromatic N) is 1. The number of pyridine rings is 1. The summed E-state index contributed by atoms with van der Waals surface area (Å²) in [6.45, 7) is 0.114. The maximum absolute atomic E-state index is 10.5. The van der Waals surface area contributed by atoms with Gasteiger partial charge in [0.25, 0.3) is 0 Å². The molecule has 4 nitrogen and oxygen atoms in total. The van der Waals surface area contributed by atoms with Crippen LogP contribution in [0.15, 0.2) is 36.5 Å². The molecular weight excluding hydrogens is 213 g/mol. The van der Waals surface area contributed by atoms with Crippen LogP contribution in [-0.4, -0.2) is 9.88 Å². The van der Waals surface area contributed by atoms with E-state index in [1.54, 1.807) is 6.20 Å². The summed E-state index contributed by atoms with van der Waals surface area (Å²) < 4.78 is 15.1. The molecule has 0 fully saturated rings. The Hall–Kier alpha value is -1.22. The topological polar surface area (TPSA) is 59.4 Å². The number of rotatable bonds is 3. The van der Waals surface area contributed by atoms with Crippen LogP contribution in [0.25, 0.3) is 10.9 Å². The lowest BCUT2D eigenvalue weighted by atomic mass is 10.1. The van der Waals surface area contributed by atoms with Crippen molar-refractivity contribution in [1.82, 2.24) is 4.98 Å². The van der Waals surface area contributed by atoms with E-state index in [0.29, 0.717) is 0 Å². The van der Waals surface area contributed by atoms with Crippen LogP contribution in [0.2, 0.25) is 0 Å². The average molecular weight is 223 g/mol. The molecule has 5 heteroatoms. The van der Waals surface area contributed by atoms with Gasteiger partial charge in [0.1, 0.15) is 0 Å². The van der Waals surface area contributed by atoms with Gasteiger partial charge in [-0.2, -0.15) is 0 Å². The zero-order chi connectivity index (χ0) is 10.7. The largest absolute Gasteiger partial charge is 0.326 e. The van der Waals surface area contributed by atoms with E-state index in [1.165, 1.54) is 0 Å². The molecule has 2 rings (SSSR count). The second kappa shape index (κ2) is 4.53. The zero-order valence-corrected chi connectivity index (χ0v) is 8.88. The molecule has 1 N–H and O–H groups in total. The Labute approximate surface area is 87.5 Å². The van der Waals surface area contributed by atoms with Crippen LogP contribution in [0, 0.1) is 0 Å². The summed E-state index contributed by atoms with van der Waals surface area (Å²) in [7, 11) is -2.88. The van der Waals surface area contributed by atoms with E-state index in [4.69, 9.17) is 9.42 Å². The minimum absolute atomic E-state index is 0.114. The van der Waals surface area contributed by atoms with Gasteiger partial charge in [-0.3, -0.25) is 9.55 Å². The molecule has 15 heavy (non-hydrogen) atoms. The van der Waals surface area contributed by atoms with E-state index >= 15 is 0 Å². The summed E-state index contributed by atoms with van der Waals surface area (Å²) in [5.74, 6) is 0. The molecule has 0 aliphatic heterocycles. The fourth-order valence-corrected chi connectivity index (χ4v) is 1.70. The van der Waals surface area contributed by atoms with E-state index in [2.05, 4.69) is 4.98 Å². The first-order valence-corrected chi connectivity index (χ1v) is 5.72. The molecule has 0 amide bonds. The van der Waals surface area contributed by atoms with Crippen molar-refractivity contribution in [2.75, 3.05) is 0 Å². The molecule has 78 valence electrons. The third-order valence-corrected chi connectivity index (χ3v) is 2.46. The van der Waals surface area contributed by atoms with Gasteiger partial charge in [-0.25, -0.2) is 0 Å². The van der Waals surface area contributed by atoms with Crippen molar-refractivity contribution in [3.8, 4) is 0 Å². The number of para-hydroxylation sites is 1. The van der Waals surface area contributed by atoms with Crippen molar-refractivity contribution in [1.29, 1.82) is 0 Å². The molecule has 0 aliphatic rings. The molecule has 1 heterocycles. The second-order valence-electron chi connectivity index (χ2n) is 3.05. The maximum Gasteiger partial charge on any atom is 0.316 e. The van der Waals surface area contributed by atoms with E-state index < -0.39 is 8.25 Å². The van der Waals surface area contributed by atoms with E-state index in [-0.39, 0.29) is 6.61 Å². The molecule has 0 spiro atoms. The van der Waals surface area contributed by atoms with Gasteiger partial charge in [0.2, 0.25) is 0 Å². The first-order chi connectivity index (χ1) is 7.27. The summed E-state index contributed by atoms with van der Waals surface area (Å²) in [6, 6.07) is 9.43. The Morgan fingerprint density at radius 3 is 2.93 bits per heavy atom. The summed E-state index contributed by atoms with van der Waals surface area (Å²) in [6.07, 6.45) is 1.69. The fraction of sp³-hybridized carbons (Fsp3) is 0.100. The average Bonchev–Trinajstić information content (AvgIpc) is 2.26. The number of benzene rings is 1. The van der Waals surface area contributed by atoms with Gasteiger partial charge in [-0.1, -0.05) is 24.3 Å². The predicted octanol–water partition coefficient (Wildman–Crippen LogP) is 2.13. The van der Waals surface area contributed by atoms with Crippen LogP contribution in [-0.2, 0) is 15.7 Å². The van der Waals surface area contributed by atoms with E-state index in [0.717, 1.165) is 16.5 Å². The molecule has 0 radical (unpaired) electrons. The Morgan fingerprint density at radius 1 is 1.33 bits per heavy atom. The normalized spacial score (nSPS) is 12.9. The van der Waals surface area contributed by atoms with Crippen LogP contribution in [0.5, 0.6) is 0 Å². The highest BCUT2D eigenvalue weighted by Gasteiger charge is 2.02. The highest BCUT2D eigenvalue weighted by molar-refractivity contribution is 7.32. The first-order valence-electron chi connectivity index (χ1n) is 4.46. The van der Waals surface area contributed by atoms with Crippen LogP contribution >= 0.6 is 8.25 Å². The van der Waals surface area contributed by atoms with Gasteiger partial charge in [0.15, 0.2) is 0 Å². The zero-order valence-electron chi connectivity index (χ0n) is 7.88. The van der Waals surface area contributed by atoms with E-state index in [9.17, 15) is 4.57 Å². The Balaban J connectivity index is 2.38. The Morgan fingerprint density at radius 2 is 2.13 bits per heavy atom. The van der Waals surface area contributed by atoms with Crippen molar-refractivity contribution in [3.63, 3.8) is 0 Å². The smallest absolute Gasteiger partial charge is 0.316 e. The second-order valence-corrected chi connectivity index (χ2v) is 3.87. The maximum atomic E-state index is 10.5. The molecule has 1 aromatic heterocycles. The van der Waals surface area contributed by atoms with Crippen molar-refractivity contribution in [2.45, 2.75) is 6.61 Å². The van der Waals surface area contributed by atoms with E-state index in [1.807, 2.05) is 30.3 Å². The van der Waals surface area contributed by atoms with Gasteiger partial charge in [0, 0.05) is 17.1 Å². The third kappa shape index (κ3) is 2.42. The molecule has 0 saturated carbocycles. The predicted molar refractivity (Wildman–Crippen MR) is 57.8 cm³/mol. The van der Waals surface area contributed by atoms with Crippen molar-refractivity contribution in [3.05, 3.63) is 42.1 Å². The fourth-order valence-electron chi connectivity index (χ4n) is 1.42. The molecule has 0 aliphatic carbocycles. The minimum Gasteiger partial charge on any atom is -0.326 e. The summed E-state index contributed by atoms with van der Waals surface area (Å²) in [5.41, 5.74) is 1.63. The summed E-state index contributed by atoms with van der Waals surface area (Å²) >= 11 is 0. The number of aromatic nitrogens is 1. The van der Waals surface area contributed by atoms with Crippen molar-refractivity contribution in [2.24, 2.45) is 0 Å².